The molecule has 0 atom stereocenters. The van der Waals surface area contributed by atoms with Gasteiger partial charge in [-0.2, -0.15) is 0 Å². The van der Waals surface area contributed by atoms with Gasteiger partial charge in [0.1, 0.15) is 17.8 Å². The lowest BCUT2D eigenvalue weighted by Gasteiger charge is -2.31. The van der Waals surface area contributed by atoms with Crippen molar-refractivity contribution >= 4 is 30.5 Å². The number of halogens is 1. The first kappa shape index (κ1) is 24.5. The lowest BCUT2D eigenvalue weighted by molar-refractivity contribution is -0.0980. The van der Waals surface area contributed by atoms with Gasteiger partial charge in [0.05, 0.1) is 5.56 Å². The van der Waals surface area contributed by atoms with Crippen LogP contribution in [0.1, 0.15) is 56.3 Å². The largest absolute Gasteiger partial charge is 0.357 e. The molecule has 2 fully saturated rings. The molecular formula is C20H34ClN3O2. The van der Waals surface area contributed by atoms with Gasteiger partial charge in [0.15, 0.2) is 6.29 Å². The number of piperidine rings is 1. The van der Waals surface area contributed by atoms with Crippen LogP contribution in [-0.2, 0) is 4.79 Å². The molecule has 3 rings (SSSR count). The van der Waals surface area contributed by atoms with E-state index in [2.05, 4.69) is 42.7 Å². The fraction of sp³-hybridized carbons (Fsp3) is 0.650. The summed E-state index contributed by atoms with van der Waals surface area (Å²) in [7, 11) is 4.11. The van der Waals surface area contributed by atoms with Crippen LogP contribution in [0.25, 0.3) is 0 Å². The average Bonchev–Trinajstić information content (AvgIpc) is 3.53. The number of pyridine rings is 1. The van der Waals surface area contributed by atoms with E-state index in [9.17, 15) is 4.79 Å². The zero-order chi connectivity index (χ0) is 19.9. The molecule has 2 heterocycles. The van der Waals surface area contributed by atoms with E-state index < -0.39 is 0 Å². The molecule has 6 heteroatoms. The Kier molecular flexibility index (Phi) is 13.9. The van der Waals surface area contributed by atoms with Crippen molar-refractivity contribution in [3.8, 4) is 0 Å². The maximum Gasteiger partial charge on any atom is 0.153 e. The van der Waals surface area contributed by atoms with Crippen LogP contribution >= 0.6 is 11.6 Å². The highest BCUT2D eigenvalue weighted by Gasteiger charge is 2.17. The molecular weight excluding hydrogens is 350 g/mol. The average molecular weight is 384 g/mol. The van der Waals surface area contributed by atoms with Crippen molar-refractivity contribution in [1.82, 2.24) is 9.88 Å². The lowest BCUT2D eigenvalue weighted by atomic mass is 9.99. The zero-order valence-corrected chi connectivity index (χ0v) is 17.5. The van der Waals surface area contributed by atoms with E-state index in [1.165, 1.54) is 32.1 Å². The molecule has 5 nitrogen and oxygen atoms in total. The highest BCUT2D eigenvalue weighted by molar-refractivity contribution is 6.31. The molecule has 0 N–H and O–H groups in total. The summed E-state index contributed by atoms with van der Waals surface area (Å²) in [6, 6.07) is 3.60. The SMILES string of the molecule is C1CC1.C=O.CC1CCN(c2ccc(C=O)c(Cl)n2)CC1.CCN(C)C. The topological polar surface area (TPSA) is 53.5 Å². The maximum atomic E-state index is 10.6. The van der Waals surface area contributed by atoms with E-state index in [0.717, 1.165) is 37.7 Å². The molecule has 0 amide bonds. The maximum absolute atomic E-state index is 10.6. The van der Waals surface area contributed by atoms with E-state index in [0.29, 0.717) is 10.7 Å². The number of nitrogens with zero attached hydrogens (tertiary/aromatic N) is 3. The van der Waals surface area contributed by atoms with Gasteiger partial charge in [-0.1, -0.05) is 44.7 Å². The molecule has 1 saturated carbocycles. The molecule has 1 aliphatic heterocycles. The second-order valence-electron chi connectivity index (χ2n) is 6.79. The Labute approximate surface area is 163 Å². The summed E-state index contributed by atoms with van der Waals surface area (Å²) >= 11 is 5.91. The predicted molar refractivity (Wildman–Crippen MR) is 110 cm³/mol. The summed E-state index contributed by atoms with van der Waals surface area (Å²) in [6.07, 6.45) is 7.61. The van der Waals surface area contributed by atoms with Crippen LogP contribution in [0.4, 0.5) is 5.82 Å². The first-order valence-electron chi connectivity index (χ1n) is 9.28. The van der Waals surface area contributed by atoms with E-state index in [-0.39, 0.29) is 0 Å². The predicted octanol–water partition coefficient (Wildman–Crippen LogP) is 4.34. The van der Waals surface area contributed by atoms with Gasteiger partial charge in [-0.05, 0) is 51.5 Å². The van der Waals surface area contributed by atoms with Crippen LogP contribution in [-0.4, -0.2) is 56.7 Å². The van der Waals surface area contributed by atoms with Gasteiger partial charge in [-0.25, -0.2) is 4.98 Å². The minimum Gasteiger partial charge on any atom is -0.357 e. The number of anilines is 1. The monoisotopic (exact) mass is 383 g/mol. The second-order valence-corrected chi connectivity index (χ2v) is 7.15. The molecule has 0 radical (unpaired) electrons. The first-order chi connectivity index (χ1) is 12.5. The molecule has 148 valence electrons. The minimum absolute atomic E-state index is 0.297. The zero-order valence-electron chi connectivity index (χ0n) is 16.7. The third-order valence-electron chi connectivity index (χ3n) is 4.08. The highest BCUT2D eigenvalue weighted by Crippen LogP contribution is 2.23. The first-order valence-corrected chi connectivity index (χ1v) is 9.66. The van der Waals surface area contributed by atoms with Crippen LogP contribution in [0, 0.1) is 5.92 Å². The number of aromatic nitrogens is 1. The number of rotatable bonds is 3. The van der Waals surface area contributed by atoms with Gasteiger partial charge in [0.2, 0.25) is 0 Å². The molecule has 1 saturated heterocycles. The van der Waals surface area contributed by atoms with Crippen molar-refractivity contribution in [3.63, 3.8) is 0 Å². The standard InChI is InChI=1S/C12H15ClN2O.C4H11N.C3H6.CH2O/c1-9-4-6-15(7-5-9)11-3-2-10(8-16)12(13)14-11;1-4-5(2)3;1-2-3-1;1-2/h2-3,8-9H,4-7H2,1H3;4H2,1-3H3;1-3H2;1H2. The smallest absolute Gasteiger partial charge is 0.153 e. The number of aldehydes is 1. The van der Waals surface area contributed by atoms with Gasteiger partial charge in [0.25, 0.3) is 0 Å². The van der Waals surface area contributed by atoms with Crippen LogP contribution in [0.5, 0.6) is 0 Å². The van der Waals surface area contributed by atoms with Gasteiger partial charge >= 0.3 is 0 Å². The van der Waals surface area contributed by atoms with Gasteiger partial charge in [-0.15, -0.1) is 0 Å². The van der Waals surface area contributed by atoms with Crippen molar-refractivity contribution < 1.29 is 9.59 Å². The summed E-state index contributed by atoms with van der Waals surface area (Å²) in [6.45, 7) is 9.57. The molecule has 0 spiro atoms. The summed E-state index contributed by atoms with van der Waals surface area (Å²) in [5, 5.41) is 0.297. The summed E-state index contributed by atoms with van der Waals surface area (Å²) in [5.41, 5.74) is 0.454. The fourth-order valence-corrected chi connectivity index (χ4v) is 2.13. The Bertz CT molecular complexity index is 499. The molecule has 26 heavy (non-hydrogen) atoms. The summed E-state index contributed by atoms with van der Waals surface area (Å²) in [4.78, 5) is 27.2. The second kappa shape index (κ2) is 14.7. The lowest BCUT2D eigenvalue weighted by Crippen LogP contribution is -2.33. The van der Waals surface area contributed by atoms with Crippen molar-refractivity contribution in [1.29, 1.82) is 0 Å². The summed E-state index contributed by atoms with van der Waals surface area (Å²) in [5.74, 6) is 1.67. The Balaban J connectivity index is 0.000000516. The quantitative estimate of drug-likeness (QED) is 0.574. The Hall–Kier alpha value is -1.46. The fourth-order valence-electron chi connectivity index (χ4n) is 1.94. The Morgan fingerprint density at radius 2 is 1.73 bits per heavy atom. The molecule has 1 aromatic heterocycles. The van der Waals surface area contributed by atoms with E-state index in [4.69, 9.17) is 16.4 Å². The molecule has 0 unspecified atom stereocenters. The number of hydrogen-bond donors (Lipinski definition) is 0. The van der Waals surface area contributed by atoms with Crippen molar-refractivity contribution in [2.24, 2.45) is 5.92 Å². The third kappa shape index (κ3) is 11.2. The Morgan fingerprint density at radius 1 is 1.23 bits per heavy atom. The Morgan fingerprint density at radius 3 is 2.08 bits per heavy atom. The number of carbonyl (C=O) groups excluding carboxylic acids is 2. The van der Waals surface area contributed by atoms with E-state index in [1.807, 2.05) is 12.9 Å². The number of hydrogen-bond acceptors (Lipinski definition) is 5. The minimum atomic E-state index is 0.297. The van der Waals surface area contributed by atoms with Gasteiger partial charge in [0, 0.05) is 13.1 Å². The third-order valence-corrected chi connectivity index (χ3v) is 4.39. The van der Waals surface area contributed by atoms with Crippen molar-refractivity contribution in [2.75, 3.05) is 38.6 Å². The molecule has 0 aromatic carbocycles. The molecule has 0 bridgehead atoms. The highest BCUT2D eigenvalue weighted by atomic mass is 35.5. The molecule has 2 aliphatic rings. The molecule has 1 aliphatic carbocycles. The summed E-state index contributed by atoms with van der Waals surface area (Å²) < 4.78 is 0. The van der Waals surface area contributed by atoms with Crippen LogP contribution in [0.3, 0.4) is 0 Å². The van der Waals surface area contributed by atoms with Crippen LogP contribution in [0.2, 0.25) is 5.15 Å². The van der Waals surface area contributed by atoms with E-state index >= 15 is 0 Å². The van der Waals surface area contributed by atoms with Crippen molar-refractivity contribution in [3.05, 3.63) is 22.8 Å². The van der Waals surface area contributed by atoms with Crippen LogP contribution < -0.4 is 4.90 Å². The normalized spacial score (nSPS) is 15.5. The van der Waals surface area contributed by atoms with Gasteiger partial charge in [-0.3, -0.25) is 4.79 Å². The van der Waals surface area contributed by atoms with Crippen molar-refractivity contribution in [2.45, 2.75) is 46.0 Å². The molecule has 1 aromatic rings. The number of carbonyl (C=O) groups is 2. The van der Waals surface area contributed by atoms with Crippen LogP contribution in [0.15, 0.2) is 12.1 Å². The van der Waals surface area contributed by atoms with E-state index in [1.54, 1.807) is 6.07 Å². The van der Waals surface area contributed by atoms with Gasteiger partial charge < -0.3 is 14.6 Å².